The molecule has 2 N–H and O–H groups in total. The highest BCUT2D eigenvalue weighted by molar-refractivity contribution is 9.10. The lowest BCUT2D eigenvalue weighted by atomic mass is 10.2. The fourth-order valence-electron chi connectivity index (χ4n) is 1.91. The zero-order chi connectivity index (χ0) is 14.4. The van der Waals surface area contributed by atoms with Crippen LogP contribution >= 0.6 is 15.9 Å². The van der Waals surface area contributed by atoms with Crippen LogP contribution in [0.1, 0.15) is 31.7 Å². The summed E-state index contributed by atoms with van der Waals surface area (Å²) in [6.45, 7) is 3.79. The first-order valence-electron chi connectivity index (χ1n) is 7.10. The van der Waals surface area contributed by atoms with Crippen LogP contribution in [0.2, 0.25) is 0 Å². The van der Waals surface area contributed by atoms with Crippen LogP contribution in [0.5, 0.6) is 5.75 Å². The van der Waals surface area contributed by atoms with E-state index in [-0.39, 0.29) is 5.91 Å². The van der Waals surface area contributed by atoms with Crippen molar-refractivity contribution in [2.24, 2.45) is 0 Å². The second kappa shape index (κ2) is 7.64. The largest absolute Gasteiger partial charge is 0.493 e. The Bertz CT molecular complexity index is 461. The van der Waals surface area contributed by atoms with Crippen molar-refractivity contribution in [3.05, 3.63) is 28.2 Å². The summed E-state index contributed by atoms with van der Waals surface area (Å²) in [4.78, 5) is 11.4. The molecule has 1 saturated carbocycles. The molecule has 1 aromatic carbocycles. The number of carbonyl (C=O) groups is 1. The molecule has 2 rings (SSSR count). The molecule has 0 radical (unpaired) electrons. The van der Waals surface area contributed by atoms with Gasteiger partial charge in [0.25, 0.3) is 0 Å². The topological polar surface area (TPSA) is 50.4 Å². The first-order valence-corrected chi connectivity index (χ1v) is 7.89. The Kier molecular flexibility index (Phi) is 5.86. The van der Waals surface area contributed by atoms with E-state index in [9.17, 15) is 4.79 Å². The van der Waals surface area contributed by atoms with Gasteiger partial charge in [-0.1, -0.05) is 15.9 Å². The Morgan fingerprint density at radius 3 is 2.95 bits per heavy atom. The standard InChI is InChI=1S/C15H21BrN2O2/c1-2-17-15(19)7-8-20-14-6-3-12(16)9-11(14)10-18-13-4-5-13/h3,6,9,13,18H,2,4-5,7-8,10H2,1H3,(H,17,19). The van der Waals surface area contributed by atoms with Gasteiger partial charge in [0, 0.05) is 29.2 Å². The highest BCUT2D eigenvalue weighted by atomic mass is 79.9. The molecule has 0 spiro atoms. The highest BCUT2D eigenvalue weighted by Gasteiger charge is 2.20. The smallest absolute Gasteiger partial charge is 0.223 e. The average molecular weight is 341 g/mol. The molecular weight excluding hydrogens is 320 g/mol. The van der Waals surface area contributed by atoms with E-state index in [1.165, 1.54) is 12.8 Å². The molecule has 1 fully saturated rings. The van der Waals surface area contributed by atoms with Crippen molar-refractivity contribution in [3.8, 4) is 5.75 Å². The van der Waals surface area contributed by atoms with Gasteiger partial charge in [0.2, 0.25) is 5.91 Å². The Morgan fingerprint density at radius 1 is 1.45 bits per heavy atom. The Morgan fingerprint density at radius 2 is 2.25 bits per heavy atom. The van der Waals surface area contributed by atoms with Gasteiger partial charge in [-0.15, -0.1) is 0 Å². The molecule has 0 aliphatic heterocycles. The monoisotopic (exact) mass is 340 g/mol. The molecule has 0 atom stereocenters. The number of carbonyl (C=O) groups excluding carboxylic acids is 1. The van der Waals surface area contributed by atoms with Crippen molar-refractivity contribution in [2.75, 3.05) is 13.2 Å². The van der Waals surface area contributed by atoms with Crippen molar-refractivity contribution in [3.63, 3.8) is 0 Å². The van der Waals surface area contributed by atoms with Crippen molar-refractivity contribution in [1.82, 2.24) is 10.6 Å². The number of ether oxygens (including phenoxy) is 1. The molecule has 0 saturated heterocycles. The Labute approximate surface area is 128 Å². The van der Waals surface area contributed by atoms with E-state index in [1.807, 2.05) is 19.1 Å². The number of hydrogen-bond donors (Lipinski definition) is 2. The van der Waals surface area contributed by atoms with Gasteiger partial charge in [-0.2, -0.15) is 0 Å². The third-order valence-electron chi connectivity index (χ3n) is 3.14. The molecule has 1 aliphatic rings. The van der Waals surface area contributed by atoms with E-state index in [2.05, 4.69) is 32.6 Å². The number of rotatable bonds is 8. The molecule has 0 unspecified atom stereocenters. The van der Waals surface area contributed by atoms with Gasteiger partial charge in [0.1, 0.15) is 5.75 Å². The second-order valence-corrected chi connectivity index (χ2v) is 5.87. The van der Waals surface area contributed by atoms with Crippen molar-refractivity contribution in [2.45, 2.75) is 38.8 Å². The molecule has 1 aromatic rings. The SMILES string of the molecule is CCNC(=O)CCOc1ccc(Br)cc1CNC1CC1. The van der Waals surface area contributed by atoms with E-state index in [1.54, 1.807) is 0 Å². The molecular formula is C15H21BrN2O2. The zero-order valence-electron chi connectivity index (χ0n) is 11.7. The summed E-state index contributed by atoms with van der Waals surface area (Å²) in [5, 5.41) is 6.24. The number of halogens is 1. The first-order chi connectivity index (χ1) is 9.69. The Hall–Kier alpha value is -1.07. The van der Waals surface area contributed by atoms with Crippen molar-refractivity contribution >= 4 is 21.8 Å². The van der Waals surface area contributed by atoms with Gasteiger partial charge >= 0.3 is 0 Å². The Balaban J connectivity index is 1.86. The third-order valence-corrected chi connectivity index (χ3v) is 3.63. The van der Waals surface area contributed by atoms with Crippen molar-refractivity contribution < 1.29 is 9.53 Å². The lowest BCUT2D eigenvalue weighted by Gasteiger charge is -2.12. The van der Waals surface area contributed by atoms with E-state index >= 15 is 0 Å². The van der Waals surface area contributed by atoms with Gasteiger partial charge in [0.05, 0.1) is 13.0 Å². The van der Waals surface area contributed by atoms with Crippen LogP contribution < -0.4 is 15.4 Å². The van der Waals surface area contributed by atoms with Crippen LogP contribution in [0.3, 0.4) is 0 Å². The summed E-state index contributed by atoms with van der Waals surface area (Å²) in [5.74, 6) is 0.882. The van der Waals surface area contributed by atoms with Gasteiger partial charge in [-0.05, 0) is 38.0 Å². The maximum Gasteiger partial charge on any atom is 0.223 e. The fourth-order valence-corrected chi connectivity index (χ4v) is 2.32. The summed E-state index contributed by atoms with van der Waals surface area (Å²) in [5.41, 5.74) is 1.13. The molecule has 4 nitrogen and oxygen atoms in total. The van der Waals surface area contributed by atoms with Crippen molar-refractivity contribution in [1.29, 1.82) is 0 Å². The molecule has 0 aromatic heterocycles. The van der Waals surface area contributed by atoms with Gasteiger partial charge in [-0.25, -0.2) is 0 Å². The molecule has 5 heteroatoms. The predicted octanol–water partition coefficient (Wildman–Crippen LogP) is 2.61. The van der Waals surface area contributed by atoms with E-state index in [0.29, 0.717) is 25.6 Å². The van der Waals surface area contributed by atoms with Crippen LogP contribution in [-0.4, -0.2) is 25.1 Å². The molecule has 1 aliphatic carbocycles. The number of benzene rings is 1. The van der Waals surface area contributed by atoms with Gasteiger partial charge in [-0.3, -0.25) is 4.79 Å². The summed E-state index contributed by atoms with van der Waals surface area (Å²) >= 11 is 3.48. The average Bonchev–Trinajstić information content (AvgIpc) is 3.23. The zero-order valence-corrected chi connectivity index (χ0v) is 13.3. The maximum absolute atomic E-state index is 11.4. The quantitative estimate of drug-likeness (QED) is 0.764. The van der Waals surface area contributed by atoms with E-state index in [0.717, 1.165) is 22.3 Å². The van der Waals surface area contributed by atoms with Crippen LogP contribution in [0.25, 0.3) is 0 Å². The molecule has 0 bridgehead atoms. The summed E-state index contributed by atoms with van der Waals surface area (Å²) in [7, 11) is 0. The number of nitrogens with one attached hydrogen (secondary N) is 2. The minimum atomic E-state index is 0.0299. The summed E-state index contributed by atoms with van der Waals surface area (Å²) in [6.07, 6.45) is 2.92. The maximum atomic E-state index is 11.4. The van der Waals surface area contributed by atoms with Crippen LogP contribution in [-0.2, 0) is 11.3 Å². The molecule has 110 valence electrons. The normalized spacial score (nSPS) is 14.1. The lowest BCUT2D eigenvalue weighted by molar-refractivity contribution is -0.121. The first kappa shape index (κ1) is 15.3. The van der Waals surface area contributed by atoms with Gasteiger partial charge in [0.15, 0.2) is 0 Å². The minimum absolute atomic E-state index is 0.0299. The van der Waals surface area contributed by atoms with E-state index < -0.39 is 0 Å². The highest BCUT2D eigenvalue weighted by Crippen LogP contribution is 2.25. The summed E-state index contributed by atoms with van der Waals surface area (Å²) in [6, 6.07) is 6.64. The summed E-state index contributed by atoms with van der Waals surface area (Å²) < 4.78 is 6.78. The minimum Gasteiger partial charge on any atom is -0.493 e. The molecule has 1 amide bonds. The molecule has 20 heavy (non-hydrogen) atoms. The fraction of sp³-hybridized carbons (Fsp3) is 0.533. The lowest BCUT2D eigenvalue weighted by Crippen LogP contribution is -2.24. The molecule has 0 heterocycles. The second-order valence-electron chi connectivity index (χ2n) is 4.96. The van der Waals surface area contributed by atoms with Crippen LogP contribution in [0, 0.1) is 0 Å². The van der Waals surface area contributed by atoms with Crippen LogP contribution in [0.4, 0.5) is 0 Å². The third kappa shape index (κ3) is 5.13. The number of amides is 1. The van der Waals surface area contributed by atoms with E-state index in [4.69, 9.17) is 4.74 Å². The van der Waals surface area contributed by atoms with Gasteiger partial charge < -0.3 is 15.4 Å². The number of hydrogen-bond acceptors (Lipinski definition) is 3. The van der Waals surface area contributed by atoms with Crippen LogP contribution in [0.15, 0.2) is 22.7 Å². The predicted molar refractivity (Wildman–Crippen MR) is 82.8 cm³/mol.